The molecule has 0 spiro atoms. The Bertz CT molecular complexity index is 919. The van der Waals surface area contributed by atoms with Gasteiger partial charge in [0, 0.05) is 23.3 Å². The number of benzene rings is 1. The molecule has 0 fully saturated rings. The van der Waals surface area contributed by atoms with Crippen LogP contribution in [0.15, 0.2) is 78.4 Å². The number of hydrogen-bond acceptors (Lipinski definition) is 5. The maximum Gasteiger partial charge on any atom is 0.141 e. The van der Waals surface area contributed by atoms with Crippen LogP contribution in [-0.4, -0.2) is 15.0 Å². The summed E-state index contributed by atoms with van der Waals surface area (Å²) in [5.41, 5.74) is 3.10. The molecule has 0 aliphatic heterocycles. The monoisotopic (exact) mass is 330 g/mol. The minimum atomic E-state index is 0.752. The molecule has 0 unspecified atom stereocenters. The number of thiazole rings is 1. The van der Waals surface area contributed by atoms with Gasteiger partial charge >= 0.3 is 0 Å². The molecule has 0 bridgehead atoms. The van der Waals surface area contributed by atoms with Crippen LogP contribution in [0.25, 0.3) is 21.8 Å². The molecule has 3 aromatic heterocycles. The first kappa shape index (κ1) is 14.5. The van der Waals surface area contributed by atoms with E-state index in [1.165, 1.54) is 0 Å². The quantitative estimate of drug-likeness (QED) is 0.571. The number of pyridine rings is 2. The number of nitrogens with zero attached hydrogens (tertiary/aromatic N) is 3. The highest BCUT2D eigenvalue weighted by Crippen LogP contribution is 2.23. The molecule has 116 valence electrons. The van der Waals surface area contributed by atoms with Crippen molar-refractivity contribution in [3.8, 4) is 21.8 Å². The van der Waals surface area contributed by atoms with E-state index in [4.69, 9.17) is 0 Å². The van der Waals surface area contributed by atoms with Gasteiger partial charge in [-0.1, -0.05) is 36.4 Å². The maximum atomic E-state index is 4.59. The zero-order valence-corrected chi connectivity index (χ0v) is 13.6. The average molecular weight is 330 g/mol. The topological polar surface area (TPSA) is 50.7 Å². The Balaban J connectivity index is 1.55. The second-order valence-corrected chi connectivity index (χ2v) is 6.06. The normalized spacial score (nSPS) is 10.5. The van der Waals surface area contributed by atoms with Gasteiger partial charge in [-0.05, 0) is 29.8 Å². The first-order chi connectivity index (χ1) is 11.9. The van der Waals surface area contributed by atoms with Crippen LogP contribution in [-0.2, 0) is 0 Å². The van der Waals surface area contributed by atoms with E-state index in [-0.39, 0.29) is 0 Å². The minimum absolute atomic E-state index is 0.752. The third kappa shape index (κ3) is 3.16. The van der Waals surface area contributed by atoms with Gasteiger partial charge in [0.15, 0.2) is 0 Å². The van der Waals surface area contributed by atoms with Crippen molar-refractivity contribution < 1.29 is 0 Å². The van der Waals surface area contributed by atoms with Crippen LogP contribution in [0.4, 0.5) is 11.6 Å². The zero-order valence-electron chi connectivity index (χ0n) is 12.8. The number of rotatable bonds is 4. The van der Waals surface area contributed by atoms with E-state index in [0.29, 0.717) is 0 Å². The predicted octanol–water partition coefficient (Wildman–Crippen LogP) is 5.01. The summed E-state index contributed by atoms with van der Waals surface area (Å²) in [6.45, 7) is 0. The van der Waals surface area contributed by atoms with E-state index in [1.807, 2.05) is 54.0 Å². The summed E-state index contributed by atoms with van der Waals surface area (Å²) in [6.07, 6.45) is 3.65. The van der Waals surface area contributed by atoms with Crippen LogP contribution in [0.3, 0.4) is 0 Å². The molecule has 4 rings (SSSR count). The number of hydrogen-bond donors (Lipinski definition) is 1. The summed E-state index contributed by atoms with van der Waals surface area (Å²) < 4.78 is 0. The van der Waals surface area contributed by atoms with Crippen molar-refractivity contribution in [3.05, 3.63) is 78.4 Å². The van der Waals surface area contributed by atoms with E-state index >= 15 is 0 Å². The fourth-order valence-corrected chi connectivity index (χ4v) is 2.98. The van der Waals surface area contributed by atoms with E-state index in [9.17, 15) is 0 Å². The van der Waals surface area contributed by atoms with Gasteiger partial charge in [-0.15, -0.1) is 11.3 Å². The molecule has 0 aliphatic rings. The summed E-state index contributed by atoms with van der Waals surface area (Å²) in [6, 6.07) is 20.0. The highest BCUT2D eigenvalue weighted by atomic mass is 32.1. The average Bonchev–Trinajstić information content (AvgIpc) is 3.18. The molecule has 1 aromatic carbocycles. The van der Waals surface area contributed by atoms with Crippen LogP contribution in [0.2, 0.25) is 0 Å². The van der Waals surface area contributed by atoms with Crippen LogP contribution in [0, 0.1) is 0 Å². The van der Waals surface area contributed by atoms with Crippen molar-refractivity contribution in [2.24, 2.45) is 0 Å². The third-order valence-corrected chi connectivity index (χ3v) is 4.32. The Labute approximate surface area is 143 Å². The third-order valence-electron chi connectivity index (χ3n) is 3.53. The van der Waals surface area contributed by atoms with Gasteiger partial charge in [-0.2, -0.15) is 0 Å². The molecule has 4 aromatic rings. The molecule has 1 N–H and O–H groups in total. The lowest BCUT2D eigenvalue weighted by Crippen LogP contribution is -1.96. The molecule has 0 aliphatic carbocycles. The van der Waals surface area contributed by atoms with E-state index in [1.54, 1.807) is 17.5 Å². The molecule has 0 saturated carbocycles. The minimum Gasteiger partial charge on any atom is -0.325 e. The zero-order chi connectivity index (χ0) is 16.2. The highest BCUT2D eigenvalue weighted by Gasteiger charge is 2.04. The maximum absolute atomic E-state index is 4.59. The van der Waals surface area contributed by atoms with E-state index in [0.717, 1.165) is 33.5 Å². The fourth-order valence-electron chi connectivity index (χ4n) is 2.37. The second kappa shape index (κ2) is 6.60. The Kier molecular flexibility index (Phi) is 4.00. The molecule has 0 atom stereocenters. The molecule has 24 heavy (non-hydrogen) atoms. The first-order valence-corrected chi connectivity index (χ1v) is 8.42. The second-order valence-electron chi connectivity index (χ2n) is 5.17. The van der Waals surface area contributed by atoms with Crippen molar-refractivity contribution in [3.63, 3.8) is 0 Å². The van der Waals surface area contributed by atoms with Gasteiger partial charge in [0.2, 0.25) is 0 Å². The SMILES string of the molecule is c1ccc(-c2ccc(Nc3cccc(-c4nccs4)n3)nc2)cc1. The Morgan fingerprint density at radius 1 is 0.750 bits per heavy atom. The summed E-state index contributed by atoms with van der Waals surface area (Å²) in [7, 11) is 0. The molecule has 4 nitrogen and oxygen atoms in total. The van der Waals surface area contributed by atoms with Crippen LogP contribution >= 0.6 is 11.3 Å². The first-order valence-electron chi connectivity index (χ1n) is 7.54. The summed E-state index contributed by atoms with van der Waals surface area (Å²) in [5, 5.41) is 6.09. The standard InChI is InChI=1S/C19H14N4S/c1-2-5-14(6-3-1)15-9-10-17(21-13-15)23-18-8-4-7-16(22-18)19-20-11-12-24-19/h1-13H,(H,21,22,23). The van der Waals surface area contributed by atoms with Gasteiger partial charge in [0.05, 0.1) is 0 Å². The Morgan fingerprint density at radius 3 is 2.42 bits per heavy atom. The summed E-state index contributed by atoms with van der Waals surface area (Å²) in [4.78, 5) is 13.4. The molecule has 0 radical (unpaired) electrons. The molecular weight excluding hydrogens is 316 g/mol. The lowest BCUT2D eigenvalue weighted by Gasteiger charge is -2.07. The molecule has 0 saturated heterocycles. The van der Waals surface area contributed by atoms with Crippen molar-refractivity contribution >= 4 is 23.0 Å². The lowest BCUT2D eigenvalue weighted by molar-refractivity contribution is 1.24. The number of anilines is 2. The van der Waals surface area contributed by atoms with Crippen molar-refractivity contribution in [1.82, 2.24) is 15.0 Å². The molecule has 0 amide bonds. The van der Waals surface area contributed by atoms with Crippen LogP contribution in [0.5, 0.6) is 0 Å². The smallest absolute Gasteiger partial charge is 0.141 e. The molecule has 3 heterocycles. The van der Waals surface area contributed by atoms with Gasteiger partial charge < -0.3 is 5.32 Å². The van der Waals surface area contributed by atoms with Crippen LogP contribution < -0.4 is 5.32 Å². The summed E-state index contributed by atoms with van der Waals surface area (Å²) >= 11 is 1.57. The molecular formula is C19H14N4S. The predicted molar refractivity (Wildman–Crippen MR) is 98.3 cm³/mol. The van der Waals surface area contributed by atoms with E-state index in [2.05, 4.69) is 38.5 Å². The van der Waals surface area contributed by atoms with Crippen molar-refractivity contribution in [2.45, 2.75) is 0 Å². The van der Waals surface area contributed by atoms with Gasteiger partial charge in [0.1, 0.15) is 22.3 Å². The largest absolute Gasteiger partial charge is 0.325 e. The van der Waals surface area contributed by atoms with Gasteiger partial charge in [-0.25, -0.2) is 15.0 Å². The molecule has 5 heteroatoms. The van der Waals surface area contributed by atoms with Crippen molar-refractivity contribution in [2.75, 3.05) is 5.32 Å². The van der Waals surface area contributed by atoms with Gasteiger partial charge in [0.25, 0.3) is 0 Å². The highest BCUT2D eigenvalue weighted by molar-refractivity contribution is 7.13. The fraction of sp³-hybridized carbons (Fsp3) is 0. The van der Waals surface area contributed by atoms with Crippen LogP contribution in [0.1, 0.15) is 0 Å². The Hall–Kier alpha value is -3.05. The van der Waals surface area contributed by atoms with E-state index < -0.39 is 0 Å². The lowest BCUT2D eigenvalue weighted by atomic mass is 10.1. The number of nitrogens with one attached hydrogen (secondary N) is 1. The van der Waals surface area contributed by atoms with Crippen molar-refractivity contribution in [1.29, 1.82) is 0 Å². The Morgan fingerprint density at radius 2 is 1.67 bits per heavy atom. The van der Waals surface area contributed by atoms with Gasteiger partial charge in [-0.3, -0.25) is 0 Å². The number of aromatic nitrogens is 3. The summed E-state index contributed by atoms with van der Waals surface area (Å²) in [5.74, 6) is 1.51.